The smallest absolute Gasteiger partial charge is 0 e. The molecule has 0 aromatic carbocycles. The van der Waals surface area contributed by atoms with Gasteiger partial charge < -0.3 is 0 Å². The van der Waals surface area contributed by atoms with E-state index in [2.05, 4.69) is 0 Å². The third-order valence-electron chi connectivity index (χ3n) is 0. The van der Waals surface area contributed by atoms with Gasteiger partial charge in [-0.1, -0.05) is 0 Å². The molecule has 5 heteroatoms. The van der Waals surface area contributed by atoms with E-state index in [1.807, 2.05) is 0 Å². The van der Waals surface area contributed by atoms with E-state index in [0.29, 0.717) is 0 Å². The standard InChI is InChI=1S/Fe.K.Mg.Na.Zn. The van der Waals surface area contributed by atoms with E-state index in [0.717, 1.165) is 0 Å². The molecule has 0 spiro atoms. The molecule has 0 aromatic rings. The van der Waals surface area contributed by atoms with Crippen molar-refractivity contribution in [3.63, 3.8) is 0 Å². The Morgan fingerprint density at radius 2 is 1.00 bits per heavy atom. The van der Waals surface area contributed by atoms with Crippen LogP contribution in [0.2, 0.25) is 0 Å². The molecule has 0 nitrogen and oxygen atoms in total. The molecule has 0 saturated carbocycles. The average molecular weight is 208 g/mol. The van der Waals surface area contributed by atoms with Gasteiger partial charge in [-0.2, -0.15) is 0 Å². The van der Waals surface area contributed by atoms with Crippen molar-refractivity contribution in [2.75, 3.05) is 0 Å². The van der Waals surface area contributed by atoms with E-state index in [9.17, 15) is 0 Å². The summed E-state index contributed by atoms with van der Waals surface area (Å²) in [4.78, 5) is 0. The molecule has 0 aliphatic heterocycles. The Morgan fingerprint density at radius 1 is 1.00 bits per heavy atom. The minimum absolute atomic E-state index is 0. The van der Waals surface area contributed by atoms with Gasteiger partial charge in [-0.05, 0) is 0 Å². The summed E-state index contributed by atoms with van der Waals surface area (Å²) in [5, 5.41) is 0. The first-order chi connectivity index (χ1) is 0. The Kier molecular flexibility index (Phi) is 159. The summed E-state index contributed by atoms with van der Waals surface area (Å²) in [5.41, 5.74) is 0. The van der Waals surface area contributed by atoms with Crippen molar-refractivity contribution in [3.8, 4) is 0 Å². The second-order valence-electron chi connectivity index (χ2n) is 0. The van der Waals surface area contributed by atoms with Crippen LogP contribution in [0.25, 0.3) is 0 Å². The summed E-state index contributed by atoms with van der Waals surface area (Å²) in [6, 6.07) is 0. The van der Waals surface area contributed by atoms with E-state index < -0.39 is 0 Å². The molecule has 0 amide bonds. The summed E-state index contributed by atoms with van der Waals surface area (Å²) in [6.07, 6.45) is 0. The predicted octanol–water partition coefficient (Wildman–Crippen LogP) is -1.15. The van der Waals surface area contributed by atoms with Gasteiger partial charge in [-0.15, -0.1) is 0 Å². The summed E-state index contributed by atoms with van der Waals surface area (Å²) in [6.45, 7) is 0. The maximum absolute atomic E-state index is 0. The predicted molar refractivity (Wildman–Crippen MR) is 17.3 cm³/mol. The van der Waals surface area contributed by atoms with Crippen molar-refractivity contribution in [2.45, 2.75) is 0 Å². The van der Waals surface area contributed by atoms with Gasteiger partial charge in [0.05, 0.1) is 0 Å². The number of hydrogen-bond acceptors (Lipinski definition) is 0. The quantitative estimate of drug-likeness (QED) is 0.441. The number of hydrogen-bond donors (Lipinski definition) is 0. The molecule has 0 saturated heterocycles. The largest absolute Gasteiger partial charge is 0 e. The SMILES string of the molecule is [Fe].[K].[Mg].[Na].[Zn]. The summed E-state index contributed by atoms with van der Waals surface area (Å²) in [5.74, 6) is 0. The first-order valence-electron chi connectivity index (χ1n) is 0. The van der Waals surface area contributed by atoms with Crippen molar-refractivity contribution < 1.29 is 36.5 Å². The molecule has 0 rings (SSSR count). The summed E-state index contributed by atoms with van der Waals surface area (Å²) < 4.78 is 0. The van der Waals surface area contributed by atoms with Crippen LogP contribution in [0.1, 0.15) is 0 Å². The van der Waals surface area contributed by atoms with Crippen molar-refractivity contribution in [1.29, 1.82) is 0 Å². The van der Waals surface area contributed by atoms with Crippen LogP contribution in [0.15, 0.2) is 0 Å². The Bertz CT molecular complexity index is 11.6. The molecule has 0 aliphatic carbocycles. The van der Waals surface area contributed by atoms with Crippen LogP contribution in [0, 0.1) is 0 Å². The summed E-state index contributed by atoms with van der Waals surface area (Å²) in [7, 11) is 0. The first kappa shape index (κ1) is 33.7. The Hall–Kier alpha value is 4.55. The zero-order valence-corrected chi connectivity index (χ0v) is 14.4. The van der Waals surface area contributed by atoms with Crippen LogP contribution in [-0.2, 0) is 36.5 Å². The van der Waals surface area contributed by atoms with E-state index in [-0.39, 0.29) is 141 Å². The van der Waals surface area contributed by atoms with Crippen molar-refractivity contribution in [2.24, 2.45) is 0 Å². The zero-order valence-electron chi connectivity index (χ0n) is 3.77. The molecule has 0 unspecified atom stereocenters. The van der Waals surface area contributed by atoms with Crippen LogP contribution in [0.5, 0.6) is 0 Å². The molecule has 0 atom stereocenters. The fraction of sp³-hybridized carbons (Fsp3) is 0. The summed E-state index contributed by atoms with van der Waals surface area (Å²) >= 11 is 0. The van der Waals surface area contributed by atoms with E-state index in [1.54, 1.807) is 0 Å². The molecule has 0 bridgehead atoms. The van der Waals surface area contributed by atoms with Crippen LogP contribution in [-0.4, -0.2) is 104 Å². The van der Waals surface area contributed by atoms with Gasteiger partial charge in [0.25, 0.3) is 0 Å². The maximum atomic E-state index is 0. The van der Waals surface area contributed by atoms with Crippen LogP contribution >= 0.6 is 0 Å². The molecule has 0 aromatic heterocycles. The average Bonchev–Trinajstić information content (AvgIpc) is 0. The molecule has 5 heavy (non-hydrogen) atoms. The Morgan fingerprint density at radius 3 is 1.00 bits per heavy atom. The number of rotatable bonds is 0. The maximum Gasteiger partial charge on any atom is 0 e. The van der Waals surface area contributed by atoms with E-state index in [1.165, 1.54) is 0 Å². The second-order valence-corrected chi connectivity index (χ2v) is 0. The molecule has 4 radical (unpaired) electrons. The third-order valence-corrected chi connectivity index (χ3v) is 0. The molecular formula is FeKMgNaZn. The van der Waals surface area contributed by atoms with Crippen molar-refractivity contribution in [1.82, 2.24) is 0 Å². The van der Waals surface area contributed by atoms with E-state index >= 15 is 0 Å². The van der Waals surface area contributed by atoms with Crippen LogP contribution in [0.3, 0.4) is 0 Å². The van der Waals surface area contributed by atoms with Crippen LogP contribution in [0.4, 0.5) is 0 Å². The molecule has 0 fully saturated rings. The van der Waals surface area contributed by atoms with Gasteiger partial charge >= 0.3 is 0 Å². The van der Waals surface area contributed by atoms with E-state index in [4.69, 9.17) is 0 Å². The van der Waals surface area contributed by atoms with Gasteiger partial charge in [0.15, 0.2) is 0 Å². The van der Waals surface area contributed by atoms with Gasteiger partial charge in [-0.25, -0.2) is 0 Å². The third kappa shape index (κ3) is 17.7. The zero-order chi connectivity index (χ0) is 0. The molecule has 0 N–H and O–H groups in total. The Labute approximate surface area is 136 Å². The van der Waals surface area contributed by atoms with Crippen molar-refractivity contribution in [3.05, 3.63) is 0 Å². The molecule has 14 valence electrons. The molecule has 0 aliphatic rings. The van der Waals surface area contributed by atoms with Crippen LogP contribution < -0.4 is 0 Å². The monoisotopic (exact) mass is 206 g/mol. The Balaban J connectivity index is 0. The van der Waals surface area contributed by atoms with Gasteiger partial charge in [0, 0.05) is 141 Å². The van der Waals surface area contributed by atoms with Crippen molar-refractivity contribution >= 4 is 104 Å². The second kappa shape index (κ2) is 23.5. The first-order valence-corrected chi connectivity index (χ1v) is 0. The van der Waals surface area contributed by atoms with Gasteiger partial charge in [0.1, 0.15) is 0 Å². The minimum atomic E-state index is 0. The molecular weight excluding hydrogens is 208 g/mol. The molecule has 0 heterocycles. The van der Waals surface area contributed by atoms with Gasteiger partial charge in [-0.3, -0.25) is 0 Å². The fourth-order valence-corrected chi connectivity index (χ4v) is 0. The topological polar surface area (TPSA) is 0 Å². The van der Waals surface area contributed by atoms with Gasteiger partial charge in [0.2, 0.25) is 0 Å². The minimum Gasteiger partial charge on any atom is 0 e. The fourth-order valence-electron chi connectivity index (χ4n) is 0. The normalized spacial score (nSPS) is 0.